The number of fused-ring (bicyclic) bond motifs is 1. The Balaban J connectivity index is 1.88. The second-order valence-electron chi connectivity index (χ2n) is 4.88. The lowest BCUT2D eigenvalue weighted by Gasteiger charge is -2.15. The molecule has 0 saturated heterocycles. The maximum atomic E-state index is 6.37. The molecule has 0 unspecified atom stereocenters. The minimum atomic E-state index is -1.09. The van der Waals surface area contributed by atoms with Crippen LogP contribution in [0.15, 0.2) is 47.1 Å². The van der Waals surface area contributed by atoms with Crippen molar-refractivity contribution in [3.8, 4) is 5.75 Å². The summed E-state index contributed by atoms with van der Waals surface area (Å²) in [6.07, 6.45) is 1.72. The summed E-state index contributed by atoms with van der Waals surface area (Å²) < 4.78 is 13.3. The van der Waals surface area contributed by atoms with E-state index < -0.39 is 9.04 Å². The largest absolute Gasteiger partial charge is 0.534 e. The molecule has 0 fully saturated rings. The number of furan rings is 1. The highest BCUT2D eigenvalue weighted by Crippen LogP contribution is 2.27. The zero-order valence-corrected chi connectivity index (χ0v) is 14.0. The number of hydrogen-bond acceptors (Lipinski definition) is 4. The molecule has 3 aromatic rings. The molecule has 0 spiro atoms. The Morgan fingerprint density at radius 1 is 1.24 bits per heavy atom. The van der Waals surface area contributed by atoms with Gasteiger partial charge in [-0.1, -0.05) is 12.1 Å². The van der Waals surface area contributed by atoms with Crippen LogP contribution in [0, 0.1) is 6.92 Å². The normalized spacial score (nSPS) is 11.4. The van der Waals surface area contributed by atoms with Crippen molar-refractivity contribution in [3.05, 3.63) is 47.5 Å². The number of nitrogens with one attached hydrogen (secondary N) is 1. The van der Waals surface area contributed by atoms with Crippen LogP contribution in [0.2, 0.25) is 6.04 Å². The van der Waals surface area contributed by atoms with E-state index in [1.807, 2.05) is 42.6 Å². The smallest absolute Gasteiger partial charge is 0.328 e. The molecule has 5 heteroatoms. The van der Waals surface area contributed by atoms with E-state index in [0.717, 1.165) is 29.3 Å². The van der Waals surface area contributed by atoms with Gasteiger partial charge in [0.05, 0.1) is 6.26 Å². The average Bonchev–Trinajstić information content (AvgIpc) is 3.12. The summed E-state index contributed by atoms with van der Waals surface area (Å²) in [5.41, 5.74) is 0.845. The van der Waals surface area contributed by atoms with Crippen LogP contribution in [0.3, 0.4) is 0 Å². The van der Waals surface area contributed by atoms with Crippen LogP contribution in [0.5, 0.6) is 5.75 Å². The van der Waals surface area contributed by atoms with Gasteiger partial charge in [-0.25, -0.2) is 0 Å². The molecule has 109 valence electrons. The molecule has 2 heterocycles. The van der Waals surface area contributed by atoms with E-state index in [2.05, 4.69) is 24.4 Å². The van der Waals surface area contributed by atoms with Crippen molar-refractivity contribution in [1.82, 2.24) is 5.32 Å². The van der Waals surface area contributed by atoms with Gasteiger partial charge >= 0.3 is 9.04 Å². The highest BCUT2D eigenvalue weighted by Gasteiger charge is 2.21. The summed E-state index contributed by atoms with van der Waals surface area (Å²) in [4.78, 5) is 1.33. The van der Waals surface area contributed by atoms with E-state index in [1.165, 1.54) is 9.38 Å². The number of para-hydroxylation sites is 1. The molecule has 21 heavy (non-hydrogen) atoms. The van der Waals surface area contributed by atoms with Gasteiger partial charge in [-0.3, -0.25) is 0 Å². The first kappa shape index (κ1) is 14.4. The third kappa shape index (κ3) is 3.20. The maximum absolute atomic E-state index is 6.37. The van der Waals surface area contributed by atoms with Crippen LogP contribution >= 0.6 is 11.3 Å². The van der Waals surface area contributed by atoms with Crippen molar-refractivity contribution in [2.75, 3.05) is 13.6 Å². The van der Waals surface area contributed by atoms with Gasteiger partial charge in [-0.05, 0) is 50.8 Å². The molecular weight excluding hydrogens is 298 g/mol. The molecule has 0 amide bonds. The van der Waals surface area contributed by atoms with Gasteiger partial charge in [-0.2, -0.15) is 0 Å². The minimum Gasteiger partial charge on any atom is -0.534 e. The molecule has 0 saturated carbocycles. The molecule has 3 nitrogen and oxygen atoms in total. The van der Waals surface area contributed by atoms with Crippen LogP contribution < -0.4 is 14.2 Å². The van der Waals surface area contributed by atoms with Crippen molar-refractivity contribution in [3.63, 3.8) is 0 Å². The monoisotopic (exact) mass is 316 g/mol. The highest BCUT2D eigenvalue weighted by atomic mass is 32.1. The molecule has 2 aromatic heterocycles. The molecule has 1 aromatic carbocycles. The first-order valence-corrected chi connectivity index (χ1v) is 9.42. The lowest BCUT2D eigenvalue weighted by Crippen LogP contribution is -2.36. The first-order valence-electron chi connectivity index (χ1n) is 6.99. The molecule has 0 bridgehead atoms. The van der Waals surface area contributed by atoms with E-state index in [0.29, 0.717) is 0 Å². The number of hydrogen-bond donors (Lipinski definition) is 1. The van der Waals surface area contributed by atoms with E-state index in [9.17, 15) is 0 Å². The van der Waals surface area contributed by atoms with E-state index in [4.69, 9.17) is 8.84 Å². The van der Waals surface area contributed by atoms with Gasteiger partial charge in [0.15, 0.2) is 5.58 Å². The van der Waals surface area contributed by atoms with Crippen molar-refractivity contribution in [1.29, 1.82) is 0 Å². The Morgan fingerprint density at radius 2 is 2.14 bits per heavy atom. The average molecular weight is 316 g/mol. The highest BCUT2D eigenvalue weighted by molar-refractivity contribution is 7.22. The van der Waals surface area contributed by atoms with Crippen molar-refractivity contribution >= 4 is 35.8 Å². The van der Waals surface area contributed by atoms with Gasteiger partial charge in [0.25, 0.3) is 0 Å². The first-order chi connectivity index (χ1) is 10.3. The predicted octanol–water partition coefficient (Wildman–Crippen LogP) is 3.30. The zero-order valence-electron chi connectivity index (χ0n) is 12.2. The topological polar surface area (TPSA) is 34.4 Å². The standard InChI is InChI=1S/C16H18NO2SSi/c1-12-6-7-15(20-12)21(11-9-17-2)19-14-5-3-4-13-8-10-18-16(13)14/h3-8,10,17H,9,11H2,1-2H3. The fourth-order valence-electron chi connectivity index (χ4n) is 2.23. The SMILES string of the molecule is CNCC[Si](Oc1cccc2ccoc12)c1ccc(C)s1. The van der Waals surface area contributed by atoms with Gasteiger partial charge in [0, 0.05) is 14.8 Å². The second kappa shape index (κ2) is 6.47. The lowest BCUT2D eigenvalue weighted by atomic mass is 10.2. The Kier molecular flexibility index (Phi) is 4.43. The molecule has 0 aliphatic heterocycles. The summed E-state index contributed by atoms with van der Waals surface area (Å²) in [5, 5.41) is 4.31. The Hall–Kier alpha value is -1.56. The molecule has 0 atom stereocenters. The molecule has 0 aliphatic carbocycles. The summed E-state index contributed by atoms with van der Waals surface area (Å²) in [6, 6.07) is 13.4. The van der Waals surface area contributed by atoms with Crippen LogP contribution in [-0.2, 0) is 0 Å². The minimum absolute atomic E-state index is 0.845. The van der Waals surface area contributed by atoms with Gasteiger partial charge < -0.3 is 14.2 Å². The molecular formula is C16H18NO2SSi. The number of rotatable bonds is 6. The summed E-state index contributed by atoms with van der Waals surface area (Å²) >= 11 is 1.83. The molecule has 1 N–H and O–H groups in total. The fraction of sp³-hybridized carbons (Fsp3) is 0.250. The Labute approximate surface area is 130 Å². The van der Waals surface area contributed by atoms with E-state index in [-0.39, 0.29) is 0 Å². The maximum Gasteiger partial charge on any atom is 0.328 e. The fourth-order valence-corrected chi connectivity index (χ4v) is 5.84. The van der Waals surface area contributed by atoms with Crippen LogP contribution in [0.25, 0.3) is 11.0 Å². The quantitative estimate of drug-likeness (QED) is 0.709. The lowest BCUT2D eigenvalue weighted by molar-refractivity contribution is 0.546. The van der Waals surface area contributed by atoms with Crippen LogP contribution in [-0.4, -0.2) is 22.6 Å². The molecule has 1 radical (unpaired) electrons. The van der Waals surface area contributed by atoms with Gasteiger partial charge in [-0.15, -0.1) is 11.3 Å². The van der Waals surface area contributed by atoms with E-state index in [1.54, 1.807) is 6.26 Å². The zero-order chi connectivity index (χ0) is 14.7. The number of thiophene rings is 1. The Bertz CT molecular complexity index is 722. The predicted molar refractivity (Wildman–Crippen MR) is 90.0 cm³/mol. The molecule has 3 rings (SSSR count). The summed E-state index contributed by atoms with van der Waals surface area (Å²) in [7, 11) is 0.890. The number of benzene rings is 1. The van der Waals surface area contributed by atoms with Crippen LogP contribution in [0.1, 0.15) is 4.88 Å². The van der Waals surface area contributed by atoms with Crippen molar-refractivity contribution in [2.45, 2.75) is 13.0 Å². The van der Waals surface area contributed by atoms with Crippen molar-refractivity contribution < 1.29 is 8.84 Å². The second-order valence-corrected chi connectivity index (χ2v) is 8.62. The van der Waals surface area contributed by atoms with E-state index >= 15 is 0 Å². The van der Waals surface area contributed by atoms with Crippen LogP contribution in [0.4, 0.5) is 0 Å². The third-order valence-corrected chi connectivity index (χ3v) is 6.98. The Morgan fingerprint density at radius 3 is 2.90 bits per heavy atom. The molecule has 0 aliphatic rings. The number of aryl methyl sites for hydroxylation is 1. The summed E-state index contributed by atoms with van der Waals surface area (Å²) in [6.45, 7) is 3.10. The van der Waals surface area contributed by atoms with Gasteiger partial charge in [0.2, 0.25) is 0 Å². The van der Waals surface area contributed by atoms with Gasteiger partial charge in [0.1, 0.15) is 5.75 Å². The third-order valence-electron chi connectivity index (χ3n) is 3.29. The summed E-state index contributed by atoms with van der Waals surface area (Å²) in [5.74, 6) is 0.855. The van der Waals surface area contributed by atoms with Crippen molar-refractivity contribution in [2.24, 2.45) is 0 Å².